The molecule has 0 amide bonds. The van der Waals surface area contributed by atoms with E-state index in [1.54, 1.807) is 27.7 Å². The summed E-state index contributed by atoms with van der Waals surface area (Å²) in [6.45, 7) is 6.89. The Kier molecular flexibility index (Phi) is 6.41. The fraction of sp³-hybridized carbons (Fsp3) is 0.538. The monoisotopic (exact) mass is 314 g/mol. The zero-order valence-electron chi connectivity index (χ0n) is 12.4. The highest BCUT2D eigenvalue weighted by atomic mass is 32.2. The second-order valence-electron chi connectivity index (χ2n) is 4.08. The van der Waals surface area contributed by atoms with Crippen molar-refractivity contribution in [3.05, 3.63) is 21.6 Å². The molecule has 0 bridgehead atoms. The van der Waals surface area contributed by atoms with Gasteiger partial charge >= 0.3 is 11.9 Å². The number of esters is 2. The molecule has 0 aliphatic heterocycles. The Hall–Kier alpha value is -1.83. The number of thioether (sulfide) groups is 1. The minimum absolute atomic E-state index is 0.145. The standard InChI is InChI=1S/C13H18N2O5S/c1-5-19-11(17)9(12(18)20-6-2)21-13-14-8(4)7(3)10(16)15-13/h9H,5-6H2,1-4H3,(H,14,15,16). The van der Waals surface area contributed by atoms with Crippen LogP contribution in [0.5, 0.6) is 0 Å². The van der Waals surface area contributed by atoms with Gasteiger partial charge in [0.1, 0.15) is 0 Å². The average Bonchev–Trinajstić information content (AvgIpc) is 2.42. The summed E-state index contributed by atoms with van der Waals surface area (Å²) >= 11 is 0.806. The van der Waals surface area contributed by atoms with E-state index < -0.39 is 17.2 Å². The van der Waals surface area contributed by atoms with E-state index in [1.165, 1.54) is 0 Å². The second-order valence-corrected chi connectivity index (χ2v) is 5.18. The van der Waals surface area contributed by atoms with Crippen LogP contribution in [0.3, 0.4) is 0 Å². The molecular formula is C13H18N2O5S. The third-order valence-corrected chi connectivity index (χ3v) is 3.64. The molecule has 0 aliphatic carbocycles. The fourth-order valence-corrected chi connectivity index (χ4v) is 2.31. The zero-order chi connectivity index (χ0) is 16.0. The normalized spacial score (nSPS) is 10.5. The number of rotatable bonds is 6. The van der Waals surface area contributed by atoms with Crippen molar-refractivity contribution in [1.82, 2.24) is 9.97 Å². The van der Waals surface area contributed by atoms with Crippen molar-refractivity contribution in [2.45, 2.75) is 38.1 Å². The smallest absolute Gasteiger partial charge is 0.331 e. The molecule has 0 spiro atoms. The Morgan fingerprint density at radius 1 is 1.19 bits per heavy atom. The second kappa shape index (κ2) is 7.82. The summed E-state index contributed by atoms with van der Waals surface area (Å²) in [6, 6.07) is 0. The van der Waals surface area contributed by atoms with Gasteiger partial charge in [0.05, 0.1) is 13.2 Å². The van der Waals surface area contributed by atoms with Crippen molar-refractivity contribution in [3.8, 4) is 0 Å². The molecule has 21 heavy (non-hydrogen) atoms. The number of aromatic amines is 1. The van der Waals surface area contributed by atoms with Crippen molar-refractivity contribution < 1.29 is 19.1 Å². The van der Waals surface area contributed by atoms with Gasteiger partial charge in [0.25, 0.3) is 5.56 Å². The average molecular weight is 314 g/mol. The highest BCUT2D eigenvalue weighted by molar-refractivity contribution is 8.01. The summed E-state index contributed by atoms with van der Waals surface area (Å²) in [7, 11) is 0. The Morgan fingerprint density at radius 3 is 2.14 bits per heavy atom. The molecule has 1 aromatic rings. The molecule has 0 radical (unpaired) electrons. The molecule has 1 heterocycles. The summed E-state index contributed by atoms with van der Waals surface area (Å²) in [4.78, 5) is 42.0. The van der Waals surface area contributed by atoms with Crippen molar-refractivity contribution in [2.75, 3.05) is 13.2 Å². The maximum Gasteiger partial charge on any atom is 0.331 e. The lowest BCUT2D eigenvalue weighted by molar-refractivity contribution is -0.152. The summed E-state index contributed by atoms with van der Waals surface area (Å²) in [5.41, 5.74) is 0.715. The predicted molar refractivity (Wildman–Crippen MR) is 77.2 cm³/mol. The van der Waals surface area contributed by atoms with E-state index in [4.69, 9.17) is 9.47 Å². The molecule has 116 valence electrons. The number of hydrogen-bond donors (Lipinski definition) is 1. The SMILES string of the molecule is CCOC(=O)C(Sc1nc(C)c(C)c(=O)[nH]1)C(=O)OCC. The van der Waals surface area contributed by atoms with Gasteiger partial charge in [-0.1, -0.05) is 11.8 Å². The molecular weight excluding hydrogens is 296 g/mol. The van der Waals surface area contributed by atoms with E-state index >= 15 is 0 Å². The van der Waals surface area contributed by atoms with Crippen molar-refractivity contribution in [2.24, 2.45) is 0 Å². The minimum Gasteiger partial charge on any atom is -0.465 e. The van der Waals surface area contributed by atoms with Gasteiger partial charge in [-0.25, -0.2) is 4.98 Å². The lowest BCUT2D eigenvalue weighted by Crippen LogP contribution is -2.31. The Bertz CT molecular complexity index is 566. The lowest BCUT2D eigenvalue weighted by Gasteiger charge is -2.13. The van der Waals surface area contributed by atoms with Gasteiger partial charge in [-0.2, -0.15) is 0 Å². The Balaban J connectivity index is 3.03. The molecule has 0 atom stereocenters. The summed E-state index contributed by atoms with van der Waals surface area (Å²) < 4.78 is 9.70. The van der Waals surface area contributed by atoms with E-state index in [9.17, 15) is 14.4 Å². The van der Waals surface area contributed by atoms with Gasteiger partial charge in [0.15, 0.2) is 5.16 Å². The van der Waals surface area contributed by atoms with Crippen LogP contribution in [-0.4, -0.2) is 40.4 Å². The Labute approximate surface area is 126 Å². The lowest BCUT2D eigenvalue weighted by atomic mass is 10.3. The van der Waals surface area contributed by atoms with Crippen molar-refractivity contribution in [3.63, 3.8) is 0 Å². The molecule has 0 fully saturated rings. The molecule has 1 aromatic heterocycles. The van der Waals surface area contributed by atoms with Crippen LogP contribution >= 0.6 is 11.8 Å². The predicted octanol–water partition coefficient (Wildman–Crippen LogP) is 0.974. The van der Waals surface area contributed by atoms with Crippen molar-refractivity contribution >= 4 is 23.7 Å². The molecule has 7 nitrogen and oxygen atoms in total. The van der Waals surface area contributed by atoms with E-state index in [0.29, 0.717) is 11.3 Å². The van der Waals surface area contributed by atoms with Crippen LogP contribution in [0.15, 0.2) is 9.95 Å². The first-order valence-electron chi connectivity index (χ1n) is 6.48. The molecule has 0 saturated heterocycles. The molecule has 0 aliphatic rings. The number of ether oxygens (including phenoxy) is 2. The number of aryl methyl sites for hydroxylation is 1. The van der Waals surface area contributed by atoms with Gasteiger partial charge in [0, 0.05) is 11.3 Å². The molecule has 1 rings (SSSR count). The van der Waals surface area contributed by atoms with Gasteiger partial charge in [0.2, 0.25) is 5.25 Å². The molecule has 0 unspecified atom stereocenters. The van der Waals surface area contributed by atoms with Crippen LogP contribution < -0.4 is 5.56 Å². The fourth-order valence-electron chi connectivity index (χ4n) is 1.42. The van der Waals surface area contributed by atoms with Crippen LogP contribution in [-0.2, 0) is 19.1 Å². The number of nitrogens with one attached hydrogen (secondary N) is 1. The minimum atomic E-state index is -1.21. The van der Waals surface area contributed by atoms with E-state index in [-0.39, 0.29) is 23.9 Å². The van der Waals surface area contributed by atoms with Gasteiger partial charge < -0.3 is 14.5 Å². The van der Waals surface area contributed by atoms with E-state index in [2.05, 4.69) is 9.97 Å². The van der Waals surface area contributed by atoms with Crippen LogP contribution in [0, 0.1) is 13.8 Å². The maximum atomic E-state index is 11.8. The topological polar surface area (TPSA) is 98.4 Å². The van der Waals surface area contributed by atoms with E-state index in [1.807, 2.05) is 0 Å². The number of carbonyl (C=O) groups is 2. The molecule has 0 saturated carbocycles. The third-order valence-electron chi connectivity index (χ3n) is 2.60. The maximum absolute atomic E-state index is 11.8. The number of aromatic nitrogens is 2. The van der Waals surface area contributed by atoms with E-state index in [0.717, 1.165) is 11.8 Å². The molecule has 1 N–H and O–H groups in total. The quantitative estimate of drug-likeness (QED) is 0.361. The van der Waals surface area contributed by atoms with Gasteiger partial charge in [-0.05, 0) is 27.7 Å². The number of hydrogen-bond acceptors (Lipinski definition) is 7. The first-order chi connectivity index (χ1) is 9.90. The summed E-state index contributed by atoms with van der Waals surface area (Å²) in [6.07, 6.45) is 0. The highest BCUT2D eigenvalue weighted by Crippen LogP contribution is 2.21. The number of H-pyrrole nitrogens is 1. The zero-order valence-corrected chi connectivity index (χ0v) is 13.2. The third kappa shape index (κ3) is 4.59. The molecule has 0 aromatic carbocycles. The van der Waals surface area contributed by atoms with Gasteiger partial charge in [-0.15, -0.1) is 0 Å². The first-order valence-corrected chi connectivity index (χ1v) is 7.36. The first kappa shape index (κ1) is 17.2. The van der Waals surface area contributed by atoms with Gasteiger partial charge in [-0.3, -0.25) is 14.4 Å². The summed E-state index contributed by atoms with van der Waals surface area (Å²) in [5, 5.41) is -1.04. The summed E-state index contributed by atoms with van der Waals surface area (Å²) in [5.74, 6) is -1.44. The Morgan fingerprint density at radius 2 is 1.71 bits per heavy atom. The van der Waals surface area contributed by atoms with Crippen molar-refractivity contribution in [1.29, 1.82) is 0 Å². The molecule has 8 heteroatoms. The largest absolute Gasteiger partial charge is 0.465 e. The van der Waals surface area contributed by atoms with Crippen LogP contribution in [0.1, 0.15) is 25.1 Å². The van der Waals surface area contributed by atoms with Crippen LogP contribution in [0.2, 0.25) is 0 Å². The van der Waals surface area contributed by atoms with Crippen LogP contribution in [0.4, 0.5) is 0 Å². The highest BCUT2D eigenvalue weighted by Gasteiger charge is 2.31. The number of carbonyl (C=O) groups excluding carboxylic acids is 2. The number of nitrogens with zero attached hydrogens (tertiary/aromatic N) is 1. The van der Waals surface area contributed by atoms with Crippen LogP contribution in [0.25, 0.3) is 0 Å².